The molecule has 0 amide bonds. The van der Waals surface area contributed by atoms with E-state index in [-0.39, 0.29) is 42.6 Å². The SMILES string of the molecule is CC(C)=O.CC(C)=O.[H-].[Na+]. The largest absolute Gasteiger partial charge is 1.00 e. The molecule has 3 heteroatoms. The van der Waals surface area contributed by atoms with Gasteiger partial charge >= 0.3 is 29.6 Å². The van der Waals surface area contributed by atoms with Crippen LogP contribution in [0.25, 0.3) is 0 Å². The molecule has 0 saturated carbocycles. The van der Waals surface area contributed by atoms with Crippen molar-refractivity contribution in [2.75, 3.05) is 0 Å². The van der Waals surface area contributed by atoms with Crippen LogP contribution in [-0.2, 0) is 9.59 Å². The number of carbonyl (C=O) groups excluding carboxylic acids is 2. The molecule has 0 spiro atoms. The van der Waals surface area contributed by atoms with Gasteiger partial charge in [0.1, 0.15) is 11.6 Å². The standard InChI is InChI=1S/2C3H6O.Na.H/c2*1-3(2)4;;/h2*1-2H3;;/q;;+1;-1. The van der Waals surface area contributed by atoms with Crippen molar-refractivity contribution in [2.24, 2.45) is 0 Å². The van der Waals surface area contributed by atoms with Crippen molar-refractivity contribution in [3.63, 3.8) is 0 Å². The van der Waals surface area contributed by atoms with E-state index in [0.717, 1.165) is 0 Å². The first kappa shape index (κ1) is 16.2. The summed E-state index contributed by atoms with van der Waals surface area (Å²) in [5.41, 5.74) is 0. The summed E-state index contributed by atoms with van der Waals surface area (Å²) in [4.78, 5) is 18.9. The number of Topliss-reactive ketones (excluding diaryl/α,β-unsaturated/α-hetero) is 2. The second kappa shape index (κ2) is 11.2. The summed E-state index contributed by atoms with van der Waals surface area (Å²) >= 11 is 0. The first-order valence-corrected chi connectivity index (χ1v) is 2.41. The third kappa shape index (κ3) is 2900. The predicted molar refractivity (Wildman–Crippen MR) is 33.8 cm³/mol. The van der Waals surface area contributed by atoms with Gasteiger partial charge in [-0.3, -0.25) is 0 Å². The minimum atomic E-state index is 0. The number of rotatable bonds is 0. The molecule has 2 nitrogen and oxygen atoms in total. The quantitative estimate of drug-likeness (QED) is 0.376. The summed E-state index contributed by atoms with van der Waals surface area (Å²) in [6.07, 6.45) is 0. The fraction of sp³-hybridized carbons (Fsp3) is 0.667. The number of hydrogen-bond acceptors (Lipinski definition) is 2. The van der Waals surface area contributed by atoms with Crippen molar-refractivity contribution in [3.8, 4) is 0 Å². The molecule has 0 N–H and O–H groups in total. The van der Waals surface area contributed by atoms with Gasteiger partial charge in [0.2, 0.25) is 0 Å². The Morgan fingerprint density at radius 1 is 0.889 bits per heavy atom. The number of hydrogen-bond donors (Lipinski definition) is 0. The van der Waals surface area contributed by atoms with E-state index in [1.807, 2.05) is 0 Å². The van der Waals surface area contributed by atoms with Crippen LogP contribution >= 0.6 is 0 Å². The summed E-state index contributed by atoms with van der Waals surface area (Å²) in [7, 11) is 0. The van der Waals surface area contributed by atoms with Gasteiger partial charge in [-0.1, -0.05) is 0 Å². The molecular formula is C6H13NaO2. The van der Waals surface area contributed by atoms with Crippen molar-refractivity contribution >= 4 is 11.6 Å². The molecule has 0 bridgehead atoms. The molecule has 0 unspecified atom stereocenters. The summed E-state index contributed by atoms with van der Waals surface area (Å²) in [6, 6.07) is 0. The van der Waals surface area contributed by atoms with Gasteiger partial charge in [0, 0.05) is 0 Å². The van der Waals surface area contributed by atoms with Gasteiger partial charge in [-0.05, 0) is 27.7 Å². The molecule has 0 aliphatic carbocycles. The van der Waals surface area contributed by atoms with Gasteiger partial charge in [0.25, 0.3) is 0 Å². The molecule has 0 aromatic heterocycles. The average molecular weight is 140 g/mol. The van der Waals surface area contributed by atoms with Crippen molar-refractivity contribution < 1.29 is 40.6 Å². The molecule has 0 saturated heterocycles. The Kier molecular flexibility index (Phi) is 20.1. The maximum Gasteiger partial charge on any atom is 1.00 e. The Morgan fingerprint density at radius 3 is 0.889 bits per heavy atom. The molecule has 0 aliphatic rings. The Labute approximate surface area is 79.8 Å². The summed E-state index contributed by atoms with van der Waals surface area (Å²) < 4.78 is 0. The molecule has 9 heavy (non-hydrogen) atoms. The van der Waals surface area contributed by atoms with Crippen LogP contribution in [0, 0.1) is 0 Å². The Morgan fingerprint density at radius 2 is 0.889 bits per heavy atom. The molecular weight excluding hydrogens is 127 g/mol. The van der Waals surface area contributed by atoms with Gasteiger partial charge in [0.05, 0.1) is 0 Å². The molecule has 50 valence electrons. The van der Waals surface area contributed by atoms with Crippen LogP contribution in [-0.4, -0.2) is 11.6 Å². The van der Waals surface area contributed by atoms with E-state index in [4.69, 9.17) is 0 Å². The fourth-order valence-corrected chi connectivity index (χ4v) is 0. The Balaban J connectivity index is -0.0000000300. The molecule has 0 rings (SSSR count). The zero-order valence-corrected chi connectivity index (χ0v) is 8.82. The monoisotopic (exact) mass is 140 g/mol. The van der Waals surface area contributed by atoms with E-state index in [1.54, 1.807) is 0 Å². The van der Waals surface area contributed by atoms with Gasteiger partial charge in [-0.25, -0.2) is 0 Å². The van der Waals surface area contributed by atoms with Gasteiger partial charge in [-0.15, -0.1) is 0 Å². The van der Waals surface area contributed by atoms with Crippen LogP contribution in [0.5, 0.6) is 0 Å². The minimum Gasteiger partial charge on any atom is -1.00 e. The second-order valence-corrected chi connectivity index (χ2v) is 1.82. The zero-order chi connectivity index (χ0) is 7.15. The van der Waals surface area contributed by atoms with Gasteiger partial charge < -0.3 is 11.0 Å². The maximum absolute atomic E-state index is 9.44. The van der Waals surface area contributed by atoms with Gasteiger partial charge in [0.15, 0.2) is 0 Å². The molecule has 0 aliphatic heterocycles. The number of ketones is 2. The Hall–Kier alpha value is 0.340. The molecule has 0 aromatic carbocycles. The first-order valence-electron chi connectivity index (χ1n) is 2.41. The van der Waals surface area contributed by atoms with E-state index in [0.29, 0.717) is 0 Å². The minimum absolute atomic E-state index is 0. The van der Waals surface area contributed by atoms with Crippen LogP contribution < -0.4 is 29.6 Å². The topological polar surface area (TPSA) is 34.1 Å². The van der Waals surface area contributed by atoms with Crippen LogP contribution in [0.3, 0.4) is 0 Å². The summed E-state index contributed by atoms with van der Waals surface area (Å²) in [6.45, 7) is 6.11. The average Bonchev–Trinajstić information content (AvgIpc) is 1.25. The van der Waals surface area contributed by atoms with E-state index in [1.165, 1.54) is 27.7 Å². The molecule has 0 atom stereocenters. The van der Waals surface area contributed by atoms with Crippen molar-refractivity contribution in [3.05, 3.63) is 0 Å². The Bertz CT molecular complexity index is 73.7. The third-order valence-corrected chi connectivity index (χ3v) is 0. The maximum atomic E-state index is 9.44. The smallest absolute Gasteiger partial charge is 1.00 e. The first-order chi connectivity index (χ1) is 3.46. The van der Waals surface area contributed by atoms with Crippen molar-refractivity contribution in [1.82, 2.24) is 0 Å². The van der Waals surface area contributed by atoms with Crippen molar-refractivity contribution in [2.45, 2.75) is 27.7 Å². The van der Waals surface area contributed by atoms with E-state index in [9.17, 15) is 9.59 Å². The molecule has 0 radical (unpaired) electrons. The van der Waals surface area contributed by atoms with Crippen LogP contribution in [0.15, 0.2) is 0 Å². The number of carbonyl (C=O) groups is 2. The summed E-state index contributed by atoms with van der Waals surface area (Å²) in [5.74, 6) is 0.333. The molecule has 0 heterocycles. The van der Waals surface area contributed by atoms with E-state index >= 15 is 0 Å². The third-order valence-electron chi connectivity index (χ3n) is 0. The van der Waals surface area contributed by atoms with E-state index < -0.39 is 0 Å². The molecule has 0 aromatic rings. The van der Waals surface area contributed by atoms with Gasteiger partial charge in [-0.2, -0.15) is 0 Å². The van der Waals surface area contributed by atoms with Crippen LogP contribution in [0.2, 0.25) is 0 Å². The molecule has 0 fully saturated rings. The second-order valence-electron chi connectivity index (χ2n) is 1.82. The van der Waals surface area contributed by atoms with Crippen LogP contribution in [0.1, 0.15) is 29.1 Å². The van der Waals surface area contributed by atoms with Crippen molar-refractivity contribution in [1.29, 1.82) is 0 Å². The fourth-order valence-electron chi connectivity index (χ4n) is 0. The summed E-state index contributed by atoms with van der Waals surface area (Å²) in [5, 5.41) is 0. The normalized spacial score (nSPS) is 5.78. The zero-order valence-electron chi connectivity index (χ0n) is 7.82. The van der Waals surface area contributed by atoms with Crippen LogP contribution in [0.4, 0.5) is 0 Å². The van der Waals surface area contributed by atoms with E-state index in [2.05, 4.69) is 0 Å². The predicted octanol–water partition coefficient (Wildman–Crippen LogP) is -1.69.